The van der Waals surface area contributed by atoms with Crippen molar-refractivity contribution in [1.82, 2.24) is 29.3 Å². The van der Waals surface area contributed by atoms with Crippen molar-refractivity contribution in [3.8, 4) is 0 Å². The summed E-state index contributed by atoms with van der Waals surface area (Å²) < 4.78 is 3.85. The number of aromatic nitrogens is 5. The van der Waals surface area contributed by atoms with Gasteiger partial charge < -0.3 is 5.32 Å². The molecule has 0 spiro atoms. The molecule has 7 nitrogen and oxygen atoms in total. The third kappa shape index (κ3) is 2.80. The van der Waals surface area contributed by atoms with E-state index in [1.54, 1.807) is 11.3 Å². The molecule has 0 aromatic carbocycles. The van der Waals surface area contributed by atoms with Gasteiger partial charge in [-0.2, -0.15) is 0 Å². The molecule has 0 aliphatic carbocycles. The molecule has 4 aromatic heterocycles. The minimum absolute atomic E-state index is 0.0374. The summed E-state index contributed by atoms with van der Waals surface area (Å²) in [5.74, 6) is 0.799. The summed E-state index contributed by atoms with van der Waals surface area (Å²) in [5, 5.41) is 13.1. The third-order valence-electron chi connectivity index (χ3n) is 3.54. The summed E-state index contributed by atoms with van der Waals surface area (Å²) >= 11 is 1.55. The molecule has 4 aromatic rings. The van der Waals surface area contributed by atoms with Gasteiger partial charge in [0.1, 0.15) is 5.82 Å². The Balaban J connectivity index is 1.33. The van der Waals surface area contributed by atoms with E-state index in [1.165, 1.54) is 0 Å². The van der Waals surface area contributed by atoms with Crippen molar-refractivity contribution in [1.29, 1.82) is 0 Å². The van der Waals surface area contributed by atoms with Crippen LogP contribution < -0.4 is 5.32 Å². The highest BCUT2D eigenvalue weighted by atomic mass is 32.1. The quantitative estimate of drug-likeness (QED) is 0.600. The number of nitrogens with one attached hydrogen (secondary N) is 1. The van der Waals surface area contributed by atoms with Gasteiger partial charge in [0.05, 0.1) is 12.1 Å². The van der Waals surface area contributed by atoms with E-state index >= 15 is 0 Å². The number of pyridine rings is 1. The second-order valence-corrected chi connectivity index (χ2v) is 6.02. The Morgan fingerprint density at radius 1 is 1.26 bits per heavy atom. The van der Waals surface area contributed by atoms with Crippen molar-refractivity contribution in [2.75, 3.05) is 6.54 Å². The van der Waals surface area contributed by atoms with E-state index in [4.69, 9.17) is 0 Å². The SMILES string of the molecule is O=C(Cc1cn2ccsc2n1)NCCc1nnc2ccccn12. The first-order chi connectivity index (χ1) is 11.3. The van der Waals surface area contributed by atoms with E-state index in [9.17, 15) is 4.79 Å². The maximum Gasteiger partial charge on any atom is 0.226 e. The molecule has 8 heteroatoms. The maximum absolute atomic E-state index is 12.0. The van der Waals surface area contributed by atoms with E-state index in [0.29, 0.717) is 13.0 Å². The number of imidazole rings is 1. The first-order valence-corrected chi connectivity index (χ1v) is 8.14. The lowest BCUT2D eigenvalue weighted by Crippen LogP contribution is -2.27. The molecule has 1 N–H and O–H groups in total. The van der Waals surface area contributed by atoms with E-state index in [0.717, 1.165) is 22.1 Å². The number of amides is 1. The van der Waals surface area contributed by atoms with Crippen molar-refractivity contribution >= 4 is 27.9 Å². The fraction of sp³-hybridized carbons (Fsp3) is 0.200. The zero-order chi connectivity index (χ0) is 15.6. The second kappa shape index (κ2) is 5.81. The van der Waals surface area contributed by atoms with Crippen LogP contribution in [-0.4, -0.2) is 36.4 Å². The molecule has 0 radical (unpaired) electrons. The molecule has 23 heavy (non-hydrogen) atoms. The molecule has 4 rings (SSSR count). The van der Waals surface area contributed by atoms with Crippen molar-refractivity contribution < 1.29 is 4.79 Å². The standard InChI is InChI=1S/C15H14N6OS/c22-14(9-11-10-20-7-8-23-15(20)17-11)16-5-4-13-19-18-12-3-1-2-6-21(12)13/h1-3,6-8,10H,4-5,9H2,(H,16,22). The summed E-state index contributed by atoms with van der Waals surface area (Å²) in [6, 6.07) is 5.76. The molecule has 0 saturated heterocycles. The van der Waals surface area contributed by atoms with Crippen LogP contribution in [0, 0.1) is 0 Å². The molecule has 0 fully saturated rings. The Morgan fingerprint density at radius 3 is 3.13 bits per heavy atom. The number of nitrogens with zero attached hydrogens (tertiary/aromatic N) is 5. The fourth-order valence-electron chi connectivity index (χ4n) is 2.46. The predicted molar refractivity (Wildman–Crippen MR) is 86.5 cm³/mol. The normalized spacial score (nSPS) is 11.3. The highest BCUT2D eigenvalue weighted by molar-refractivity contribution is 7.15. The van der Waals surface area contributed by atoms with Gasteiger partial charge in [-0.25, -0.2) is 4.98 Å². The lowest BCUT2D eigenvalue weighted by Gasteiger charge is -2.03. The van der Waals surface area contributed by atoms with Crippen LogP contribution in [0.5, 0.6) is 0 Å². The molecule has 4 heterocycles. The summed E-state index contributed by atoms with van der Waals surface area (Å²) in [7, 11) is 0. The Kier molecular flexibility index (Phi) is 3.51. The van der Waals surface area contributed by atoms with Crippen molar-refractivity contribution in [3.05, 3.63) is 53.7 Å². The molecule has 0 saturated carbocycles. The number of carbonyl (C=O) groups excluding carboxylic acids is 1. The first-order valence-electron chi connectivity index (χ1n) is 7.26. The number of hydrogen-bond acceptors (Lipinski definition) is 5. The van der Waals surface area contributed by atoms with Crippen molar-refractivity contribution in [2.45, 2.75) is 12.8 Å². The van der Waals surface area contributed by atoms with Gasteiger partial charge in [-0.15, -0.1) is 21.5 Å². The Morgan fingerprint density at radius 2 is 2.22 bits per heavy atom. The summed E-state index contributed by atoms with van der Waals surface area (Å²) in [4.78, 5) is 17.3. The Bertz CT molecular complexity index is 940. The summed E-state index contributed by atoms with van der Waals surface area (Å²) in [6.07, 6.45) is 6.66. The average molecular weight is 326 g/mol. The van der Waals surface area contributed by atoms with Crippen LogP contribution in [-0.2, 0) is 17.6 Å². The van der Waals surface area contributed by atoms with Crippen molar-refractivity contribution in [2.24, 2.45) is 0 Å². The van der Waals surface area contributed by atoms with E-state index in [1.807, 2.05) is 51.0 Å². The maximum atomic E-state index is 12.0. The van der Waals surface area contributed by atoms with Gasteiger partial charge in [-0.1, -0.05) is 6.07 Å². The molecule has 1 amide bonds. The van der Waals surface area contributed by atoms with E-state index < -0.39 is 0 Å². The van der Waals surface area contributed by atoms with Gasteiger partial charge in [-0.05, 0) is 12.1 Å². The number of thiazole rings is 1. The van der Waals surface area contributed by atoms with Crippen molar-refractivity contribution in [3.63, 3.8) is 0 Å². The fourth-order valence-corrected chi connectivity index (χ4v) is 3.18. The Labute approximate surface area is 135 Å². The molecule has 0 aliphatic heterocycles. The molecule has 0 bridgehead atoms. The van der Waals surface area contributed by atoms with Crippen LogP contribution in [0.15, 0.2) is 42.2 Å². The molecular formula is C15H14N6OS. The summed E-state index contributed by atoms with van der Waals surface area (Å²) in [6.45, 7) is 0.525. The van der Waals surface area contributed by atoms with Gasteiger partial charge >= 0.3 is 0 Å². The largest absolute Gasteiger partial charge is 0.355 e. The lowest BCUT2D eigenvalue weighted by molar-refractivity contribution is -0.120. The van der Waals surface area contributed by atoms with Crippen LogP contribution in [0.2, 0.25) is 0 Å². The average Bonchev–Trinajstić information content (AvgIpc) is 3.22. The molecular weight excluding hydrogens is 312 g/mol. The van der Waals surface area contributed by atoms with Gasteiger partial charge in [0.2, 0.25) is 5.91 Å². The molecule has 0 aliphatic rings. The molecule has 116 valence electrons. The highest BCUT2D eigenvalue weighted by Gasteiger charge is 2.09. The zero-order valence-corrected chi connectivity index (χ0v) is 13.0. The van der Waals surface area contributed by atoms with Crippen LogP contribution in [0.1, 0.15) is 11.5 Å². The minimum atomic E-state index is -0.0374. The second-order valence-electron chi connectivity index (χ2n) is 5.15. The monoisotopic (exact) mass is 326 g/mol. The van der Waals surface area contributed by atoms with Gasteiger partial charge in [0.25, 0.3) is 0 Å². The number of rotatable bonds is 5. The zero-order valence-electron chi connectivity index (χ0n) is 12.2. The van der Waals surface area contributed by atoms with Crippen LogP contribution in [0.25, 0.3) is 10.6 Å². The molecule has 0 unspecified atom stereocenters. The number of fused-ring (bicyclic) bond motifs is 2. The van der Waals surface area contributed by atoms with Gasteiger partial charge in [0.15, 0.2) is 10.6 Å². The Hall–Kier alpha value is -2.74. The van der Waals surface area contributed by atoms with Crippen LogP contribution in [0.4, 0.5) is 0 Å². The smallest absolute Gasteiger partial charge is 0.226 e. The van der Waals surface area contributed by atoms with E-state index in [-0.39, 0.29) is 12.3 Å². The van der Waals surface area contributed by atoms with Crippen LogP contribution in [0.3, 0.4) is 0 Å². The topological polar surface area (TPSA) is 76.6 Å². The van der Waals surface area contributed by atoms with Gasteiger partial charge in [-0.3, -0.25) is 13.6 Å². The van der Waals surface area contributed by atoms with Gasteiger partial charge in [0, 0.05) is 36.9 Å². The van der Waals surface area contributed by atoms with E-state index in [2.05, 4.69) is 20.5 Å². The number of hydrogen-bond donors (Lipinski definition) is 1. The summed E-state index contributed by atoms with van der Waals surface area (Å²) in [5.41, 5.74) is 1.59. The number of carbonyl (C=O) groups is 1. The first kappa shape index (κ1) is 13.9. The third-order valence-corrected chi connectivity index (χ3v) is 4.31. The molecule has 0 atom stereocenters. The lowest BCUT2D eigenvalue weighted by atomic mass is 10.3. The predicted octanol–water partition coefficient (Wildman–Crippen LogP) is 1.34. The minimum Gasteiger partial charge on any atom is -0.355 e. The highest BCUT2D eigenvalue weighted by Crippen LogP contribution is 2.11. The van der Waals surface area contributed by atoms with Crippen LogP contribution >= 0.6 is 11.3 Å².